The second kappa shape index (κ2) is 8.71. The average Bonchev–Trinajstić information content (AvgIpc) is 3.06. The summed E-state index contributed by atoms with van der Waals surface area (Å²) in [5.74, 6) is 6.23. The van der Waals surface area contributed by atoms with Crippen molar-refractivity contribution >= 4 is 0 Å². The van der Waals surface area contributed by atoms with Crippen molar-refractivity contribution in [2.45, 2.75) is 98.0 Å². The highest BCUT2D eigenvalue weighted by atomic mass is 16.3. The molecule has 0 aromatic carbocycles. The van der Waals surface area contributed by atoms with Crippen LogP contribution in [0.2, 0.25) is 0 Å². The van der Waals surface area contributed by atoms with E-state index < -0.39 is 0 Å². The maximum Gasteiger partial charge on any atom is 0.0543 e. The van der Waals surface area contributed by atoms with E-state index in [2.05, 4.69) is 0 Å². The standard InChI is InChI=1S/C17H28O.2C2H6/c18-13-6-9-15-12(10-13)5-8-16-14-3-1-2-11(14)4-7-17(15)16;2*1-2/h11-18H,1-10H2;2*1-2H3. The van der Waals surface area contributed by atoms with Crippen LogP contribution in [0, 0.1) is 35.5 Å². The van der Waals surface area contributed by atoms with Crippen LogP contribution in [-0.4, -0.2) is 11.2 Å². The molecule has 7 atom stereocenters. The minimum absolute atomic E-state index is 0.0330. The van der Waals surface area contributed by atoms with Crippen molar-refractivity contribution in [2.24, 2.45) is 35.5 Å². The molecule has 1 nitrogen and oxygen atoms in total. The zero-order valence-electron chi connectivity index (χ0n) is 15.6. The van der Waals surface area contributed by atoms with E-state index >= 15 is 0 Å². The molecule has 4 aliphatic carbocycles. The summed E-state index contributed by atoms with van der Waals surface area (Å²) < 4.78 is 0. The molecule has 0 spiro atoms. The predicted octanol–water partition coefficient (Wildman–Crippen LogP) is 6.05. The van der Waals surface area contributed by atoms with Gasteiger partial charge < -0.3 is 5.11 Å². The molecule has 0 bridgehead atoms. The molecule has 4 saturated carbocycles. The molecule has 0 aromatic rings. The number of hydrogen-bond donors (Lipinski definition) is 1. The summed E-state index contributed by atoms with van der Waals surface area (Å²) in [5.41, 5.74) is 0. The van der Waals surface area contributed by atoms with Gasteiger partial charge in [-0.3, -0.25) is 0 Å². The van der Waals surface area contributed by atoms with Crippen molar-refractivity contribution in [3.05, 3.63) is 0 Å². The van der Waals surface area contributed by atoms with E-state index in [0.717, 1.165) is 48.3 Å². The second-order valence-electron chi connectivity index (χ2n) is 7.73. The zero-order valence-corrected chi connectivity index (χ0v) is 15.6. The summed E-state index contributed by atoms with van der Waals surface area (Å²) in [6, 6.07) is 0. The largest absolute Gasteiger partial charge is 0.393 e. The van der Waals surface area contributed by atoms with Crippen molar-refractivity contribution in [3.8, 4) is 0 Å². The van der Waals surface area contributed by atoms with E-state index in [-0.39, 0.29) is 6.10 Å². The Morgan fingerprint density at radius 2 is 1.09 bits per heavy atom. The van der Waals surface area contributed by atoms with Crippen molar-refractivity contribution in [1.82, 2.24) is 0 Å². The first-order valence-electron chi connectivity index (χ1n) is 10.5. The normalized spacial score (nSPS) is 46.0. The van der Waals surface area contributed by atoms with Crippen molar-refractivity contribution in [1.29, 1.82) is 0 Å². The third-order valence-electron chi connectivity index (χ3n) is 7.12. The number of aliphatic hydroxyl groups excluding tert-OH is 1. The lowest BCUT2D eigenvalue weighted by molar-refractivity contribution is -0.0457. The summed E-state index contributed by atoms with van der Waals surface area (Å²) in [6.45, 7) is 8.00. The summed E-state index contributed by atoms with van der Waals surface area (Å²) in [4.78, 5) is 0. The molecular formula is C21H40O. The number of hydrogen-bond acceptors (Lipinski definition) is 1. The first-order chi connectivity index (χ1) is 10.8. The maximum absolute atomic E-state index is 9.89. The van der Waals surface area contributed by atoms with E-state index in [4.69, 9.17) is 0 Å². The van der Waals surface area contributed by atoms with Gasteiger partial charge in [0, 0.05) is 0 Å². The van der Waals surface area contributed by atoms with Gasteiger partial charge in [-0.25, -0.2) is 0 Å². The predicted molar refractivity (Wildman–Crippen MR) is 95.8 cm³/mol. The van der Waals surface area contributed by atoms with Crippen LogP contribution in [0.3, 0.4) is 0 Å². The zero-order chi connectivity index (χ0) is 16.1. The van der Waals surface area contributed by atoms with Crippen molar-refractivity contribution in [3.63, 3.8) is 0 Å². The SMILES string of the molecule is CC.CC.OC1CCC2C(CCC3C4CCCC4CCC23)C1. The molecule has 0 saturated heterocycles. The molecule has 1 heteroatoms. The molecule has 4 rings (SSSR count). The van der Waals surface area contributed by atoms with Crippen LogP contribution in [0.15, 0.2) is 0 Å². The molecule has 4 aliphatic rings. The Bertz CT molecular complexity index is 313. The first kappa shape index (κ1) is 18.3. The minimum atomic E-state index is 0.0330. The Labute approximate surface area is 139 Å². The molecule has 0 aliphatic heterocycles. The van der Waals surface area contributed by atoms with E-state index in [0.29, 0.717) is 0 Å². The van der Waals surface area contributed by atoms with E-state index in [9.17, 15) is 5.11 Å². The molecule has 4 fully saturated rings. The Kier molecular flexibility index (Phi) is 7.25. The third kappa shape index (κ3) is 3.55. The highest BCUT2D eigenvalue weighted by Gasteiger charge is 2.49. The molecule has 0 radical (unpaired) electrons. The van der Waals surface area contributed by atoms with Crippen LogP contribution in [-0.2, 0) is 0 Å². The van der Waals surface area contributed by atoms with Crippen molar-refractivity contribution in [2.75, 3.05) is 0 Å². The van der Waals surface area contributed by atoms with Crippen LogP contribution in [0.5, 0.6) is 0 Å². The molecule has 7 unspecified atom stereocenters. The maximum atomic E-state index is 9.89. The lowest BCUT2D eigenvalue weighted by atomic mass is 9.53. The highest BCUT2D eigenvalue weighted by Crippen LogP contribution is 2.57. The molecular weight excluding hydrogens is 268 g/mol. The van der Waals surface area contributed by atoms with Gasteiger partial charge >= 0.3 is 0 Å². The molecule has 0 heterocycles. The van der Waals surface area contributed by atoms with Crippen LogP contribution >= 0.6 is 0 Å². The van der Waals surface area contributed by atoms with Crippen LogP contribution in [0.1, 0.15) is 91.9 Å². The Morgan fingerprint density at radius 1 is 0.545 bits per heavy atom. The molecule has 130 valence electrons. The van der Waals surface area contributed by atoms with Gasteiger partial charge in [-0.1, -0.05) is 40.5 Å². The summed E-state index contributed by atoms with van der Waals surface area (Å²) in [5, 5.41) is 9.89. The molecule has 22 heavy (non-hydrogen) atoms. The number of fused-ring (bicyclic) bond motifs is 5. The summed E-state index contributed by atoms with van der Waals surface area (Å²) in [7, 11) is 0. The van der Waals surface area contributed by atoms with Crippen molar-refractivity contribution < 1.29 is 5.11 Å². The van der Waals surface area contributed by atoms with Crippen LogP contribution in [0.4, 0.5) is 0 Å². The van der Waals surface area contributed by atoms with Gasteiger partial charge in [0.2, 0.25) is 0 Å². The van der Waals surface area contributed by atoms with Gasteiger partial charge in [0.15, 0.2) is 0 Å². The fraction of sp³-hybridized carbons (Fsp3) is 1.00. The lowest BCUT2D eigenvalue weighted by Crippen LogP contribution is -2.45. The fourth-order valence-corrected chi connectivity index (χ4v) is 6.45. The van der Waals surface area contributed by atoms with Gasteiger partial charge in [-0.2, -0.15) is 0 Å². The van der Waals surface area contributed by atoms with Gasteiger partial charge in [-0.15, -0.1) is 0 Å². The van der Waals surface area contributed by atoms with Gasteiger partial charge in [0.1, 0.15) is 0 Å². The molecule has 0 amide bonds. The lowest BCUT2D eigenvalue weighted by Gasteiger charge is -2.52. The van der Waals surface area contributed by atoms with Crippen LogP contribution in [0.25, 0.3) is 0 Å². The quantitative estimate of drug-likeness (QED) is 0.577. The first-order valence-corrected chi connectivity index (χ1v) is 10.5. The van der Waals surface area contributed by atoms with Gasteiger partial charge in [0.05, 0.1) is 6.10 Å². The second-order valence-corrected chi connectivity index (χ2v) is 7.73. The third-order valence-corrected chi connectivity index (χ3v) is 7.12. The number of aliphatic hydroxyl groups is 1. The Balaban J connectivity index is 0.000000410. The molecule has 1 N–H and O–H groups in total. The Morgan fingerprint density at radius 3 is 1.77 bits per heavy atom. The fourth-order valence-electron chi connectivity index (χ4n) is 6.45. The summed E-state index contributed by atoms with van der Waals surface area (Å²) >= 11 is 0. The van der Waals surface area contributed by atoms with Gasteiger partial charge in [-0.05, 0) is 86.9 Å². The van der Waals surface area contributed by atoms with E-state index in [1.807, 2.05) is 27.7 Å². The van der Waals surface area contributed by atoms with Crippen LogP contribution < -0.4 is 0 Å². The van der Waals surface area contributed by atoms with E-state index in [1.165, 1.54) is 38.5 Å². The monoisotopic (exact) mass is 308 g/mol. The topological polar surface area (TPSA) is 20.2 Å². The Hall–Kier alpha value is -0.0400. The molecule has 0 aromatic heterocycles. The van der Waals surface area contributed by atoms with E-state index in [1.54, 1.807) is 12.8 Å². The minimum Gasteiger partial charge on any atom is -0.393 e. The van der Waals surface area contributed by atoms with Gasteiger partial charge in [0.25, 0.3) is 0 Å². The summed E-state index contributed by atoms with van der Waals surface area (Å²) in [6.07, 6.45) is 14.2. The number of rotatable bonds is 0. The highest BCUT2D eigenvalue weighted by molar-refractivity contribution is 4.99. The average molecular weight is 309 g/mol. The smallest absolute Gasteiger partial charge is 0.0543 e.